The van der Waals surface area contributed by atoms with Gasteiger partial charge in [0.2, 0.25) is 0 Å². The molecule has 1 heterocycles. The summed E-state index contributed by atoms with van der Waals surface area (Å²) in [5, 5.41) is 0. The van der Waals surface area contributed by atoms with E-state index in [9.17, 15) is 4.79 Å². The van der Waals surface area contributed by atoms with Crippen molar-refractivity contribution in [3.8, 4) is 0 Å². The van der Waals surface area contributed by atoms with Crippen molar-refractivity contribution in [3.63, 3.8) is 0 Å². The van der Waals surface area contributed by atoms with Gasteiger partial charge in [0.25, 0.3) is 0 Å². The van der Waals surface area contributed by atoms with Crippen LogP contribution in [0.3, 0.4) is 0 Å². The van der Waals surface area contributed by atoms with Gasteiger partial charge >= 0.3 is 0 Å². The molecule has 0 saturated heterocycles. The largest absolute Gasteiger partial charge is 0.323 e. The van der Waals surface area contributed by atoms with Crippen LogP contribution >= 0.6 is 22.9 Å². The summed E-state index contributed by atoms with van der Waals surface area (Å²) in [4.78, 5) is 11.7. The van der Waals surface area contributed by atoms with E-state index in [1.807, 2.05) is 6.07 Å². The maximum absolute atomic E-state index is 10.7. The van der Waals surface area contributed by atoms with Gasteiger partial charge in [0.15, 0.2) is 0 Å². The van der Waals surface area contributed by atoms with E-state index in [1.165, 1.54) is 18.3 Å². The van der Waals surface area contributed by atoms with Crippen molar-refractivity contribution in [3.05, 3.63) is 21.3 Å². The zero-order chi connectivity index (χ0) is 9.14. The number of rotatable bonds is 3. The Morgan fingerprint density at radius 2 is 2.42 bits per heavy atom. The van der Waals surface area contributed by atoms with Gasteiger partial charge in [-0.2, -0.15) is 0 Å². The molecule has 0 radical (unpaired) electrons. The third-order valence-electron chi connectivity index (χ3n) is 1.47. The molecule has 0 aliphatic rings. The summed E-state index contributed by atoms with van der Waals surface area (Å²) in [5.74, 6) is 0.104. The predicted octanol–water partition coefficient (Wildman–Crippen LogP) is 2.38. The zero-order valence-corrected chi connectivity index (χ0v) is 8.28. The summed E-state index contributed by atoms with van der Waals surface area (Å²) in [5.41, 5.74) is 5.74. The Bertz CT molecular complexity index is 284. The molecule has 4 heteroatoms. The van der Waals surface area contributed by atoms with Gasteiger partial charge in [-0.15, -0.1) is 11.3 Å². The maximum Gasteiger partial charge on any atom is 0.131 e. The highest BCUT2D eigenvalue weighted by Gasteiger charge is 2.10. The molecule has 12 heavy (non-hydrogen) atoms. The highest BCUT2D eigenvalue weighted by atomic mass is 35.5. The average Bonchev–Trinajstić information content (AvgIpc) is 2.34. The van der Waals surface area contributed by atoms with E-state index in [0.717, 1.165) is 4.88 Å². The summed E-state index contributed by atoms with van der Waals surface area (Å²) in [7, 11) is 0. The van der Waals surface area contributed by atoms with E-state index >= 15 is 0 Å². The number of hydrogen-bond donors (Lipinski definition) is 1. The Hall–Kier alpha value is -0.380. The number of thiophene rings is 1. The second-order valence-corrected chi connectivity index (χ2v) is 4.40. The molecular formula is C8H10ClNOS. The van der Waals surface area contributed by atoms with E-state index in [2.05, 4.69) is 0 Å². The lowest BCUT2D eigenvalue weighted by Crippen LogP contribution is -2.12. The van der Waals surface area contributed by atoms with E-state index in [1.54, 1.807) is 6.07 Å². The summed E-state index contributed by atoms with van der Waals surface area (Å²) in [6.45, 7) is 1.54. The van der Waals surface area contributed by atoms with Gasteiger partial charge < -0.3 is 5.73 Å². The molecule has 0 fully saturated rings. The van der Waals surface area contributed by atoms with Gasteiger partial charge in [0.05, 0.1) is 4.34 Å². The van der Waals surface area contributed by atoms with Crippen LogP contribution in [0.2, 0.25) is 4.34 Å². The molecule has 1 unspecified atom stereocenters. The fraction of sp³-hybridized carbons (Fsp3) is 0.375. The summed E-state index contributed by atoms with van der Waals surface area (Å²) >= 11 is 7.15. The molecule has 1 aromatic rings. The average molecular weight is 204 g/mol. The van der Waals surface area contributed by atoms with Gasteiger partial charge in [-0.25, -0.2) is 0 Å². The van der Waals surface area contributed by atoms with E-state index in [0.29, 0.717) is 10.8 Å². The van der Waals surface area contributed by atoms with Crippen molar-refractivity contribution in [2.45, 2.75) is 19.4 Å². The number of ketones is 1. The highest BCUT2D eigenvalue weighted by Crippen LogP contribution is 2.27. The standard InChI is InChI=1S/C8H10ClNOS/c1-5(11)4-6(10)7-2-3-8(9)12-7/h2-3,6H,4,10H2,1H3. The van der Waals surface area contributed by atoms with E-state index in [-0.39, 0.29) is 11.8 Å². The summed E-state index contributed by atoms with van der Waals surface area (Å²) in [6, 6.07) is 3.46. The minimum Gasteiger partial charge on any atom is -0.323 e. The third-order valence-corrected chi connectivity index (χ3v) is 2.83. The Morgan fingerprint density at radius 1 is 1.75 bits per heavy atom. The Balaban J connectivity index is 2.64. The molecular weight excluding hydrogens is 194 g/mol. The van der Waals surface area contributed by atoms with Crippen LogP contribution in [0.25, 0.3) is 0 Å². The van der Waals surface area contributed by atoms with Crippen LogP contribution in [0, 0.1) is 0 Å². The fourth-order valence-corrected chi connectivity index (χ4v) is 2.00. The first kappa shape index (κ1) is 9.71. The molecule has 2 nitrogen and oxygen atoms in total. The van der Waals surface area contributed by atoms with Crippen LogP contribution < -0.4 is 5.73 Å². The molecule has 0 bridgehead atoms. The topological polar surface area (TPSA) is 43.1 Å². The van der Waals surface area contributed by atoms with Gasteiger partial charge in [0.1, 0.15) is 5.78 Å². The lowest BCUT2D eigenvalue weighted by molar-refractivity contribution is -0.117. The summed E-state index contributed by atoms with van der Waals surface area (Å²) < 4.78 is 0.712. The molecule has 0 saturated carbocycles. The second-order valence-electron chi connectivity index (χ2n) is 2.65. The zero-order valence-electron chi connectivity index (χ0n) is 6.71. The summed E-state index contributed by atoms with van der Waals surface area (Å²) in [6.07, 6.45) is 0.386. The molecule has 0 aromatic carbocycles. The highest BCUT2D eigenvalue weighted by molar-refractivity contribution is 7.16. The van der Waals surface area contributed by atoms with Crippen molar-refractivity contribution >= 4 is 28.7 Å². The van der Waals surface area contributed by atoms with Crippen molar-refractivity contribution in [2.75, 3.05) is 0 Å². The molecule has 0 spiro atoms. The lowest BCUT2D eigenvalue weighted by atomic mass is 10.1. The molecule has 0 aliphatic carbocycles. The number of Topliss-reactive ketones (excluding diaryl/α,β-unsaturated/α-hetero) is 1. The van der Waals surface area contributed by atoms with Gasteiger partial charge in [-0.05, 0) is 19.1 Å². The number of carbonyl (C=O) groups excluding carboxylic acids is 1. The van der Waals surface area contributed by atoms with Crippen molar-refractivity contribution < 1.29 is 4.79 Å². The van der Waals surface area contributed by atoms with Gasteiger partial charge in [-0.3, -0.25) is 4.79 Å². The predicted molar refractivity (Wildman–Crippen MR) is 51.6 cm³/mol. The molecule has 1 atom stereocenters. The van der Waals surface area contributed by atoms with Gasteiger partial charge in [-0.1, -0.05) is 11.6 Å². The SMILES string of the molecule is CC(=O)CC(N)c1ccc(Cl)s1. The second kappa shape index (κ2) is 4.03. The Morgan fingerprint density at radius 3 is 2.83 bits per heavy atom. The van der Waals surface area contributed by atoms with Crippen molar-refractivity contribution in [1.29, 1.82) is 0 Å². The number of carbonyl (C=O) groups is 1. The van der Waals surface area contributed by atoms with Crippen LogP contribution in [0.15, 0.2) is 12.1 Å². The van der Waals surface area contributed by atoms with Crippen molar-refractivity contribution in [1.82, 2.24) is 0 Å². The molecule has 0 aliphatic heterocycles. The minimum atomic E-state index is -0.194. The minimum absolute atomic E-state index is 0.104. The molecule has 2 N–H and O–H groups in total. The third kappa shape index (κ3) is 2.59. The van der Waals surface area contributed by atoms with Crippen molar-refractivity contribution in [2.24, 2.45) is 5.73 Å². The number of nitrogens with two attached hydrogens (primary N) is 1. The first-order chi connectivity index (χ1) is 5.59. The number of halogens is 1. The van der Waals surface area contributed by atoms with Crippen LogP contribution in [-0.2, 0) is 4.79 Å². The first-order valence-corrected chi connectivity index (χ1v) is 4.79. The molecule has 1 aromatic heterocycles. The maximum atomic E-state index is 10.7. The van der Waals surface area contributed by atoms with Gasteiger partial charge in [0, 0.05) is 17.3 Å². The Kier molecular flexibility index (Phi) is 3.26. The van der Waals surface area contributed by atoms with Crippen LogP contribution in [-0.4, -0.2) is 5.78 Å². The molecule has 0 amide bonds. The number of hydrogen-bond acceptors (Lipinski definition) is 3. The van der Waals surface area contributed by atoms with E-state index in [4.69, 9.17) is 17.3 Å². The van der Waals surface area contributed by atoms with Crippen LogP contribution in [0.5, 0.6) is 0 Å². The Labute approximate surface area is 80.3 Å². The molecule has 66 valence electrons. The monoisotopic (exact) mass is 203 g/mol. The lowest BCUT2D eigenvalue weighted by Gasteiger charge is -2.05. The first-order valence-electron chi connectivity index (χ1n) is 3.60. The van der Waals surface area contributed by atoms with Crippen LogP contribution in [0.1, 0.15) is 24.3 Å². The normalized spacial score (nSPS) is 12.9. The quantitative estimate of drug-likeness (QED) is 0.820. The van der Waals surface area contributed by atoms with Crippen LogP contribution in [0.4, 0.5) is 0 Å². The van der Waals surface area contributed by atoms with E-state index < -0.39 is 0 Å². The fourth-order valence-electron chi connectivity index (χ4n) is 0.938. The molecule has 1 rings (SSSR count). The smallest absolute Gasteiger partial charge is 0.131 e.